The van der Waals surface area contributed by atoms with E-state index in [9.17, 15) is 9.59 Å². The standard InChI is InChI=1S/C30H33N5O2/c36-27(15-14-21-18-31-19-32-21)33-26-13-7-5-11-23(26)30(37)35-17-16-24-28(20-8-2-1-3-9-20)34-25-12-6-4-10-22(25)29(24)35/h1-4,6,8-10,12,14-15,18-19,23-24,26,28-29,34H,5,7,11,13,16-17H2,(H,31,32)(H,33,36)/b15-14+. The Morgan fingerprint density at radius 2 is 1.81 bits per heavy atom. The third kappa shape index (κ3) is 4.66. The molecule has 5 unspecified atom stereocenters. The maximum atomic E-state index is 14.2. The van der Waals surface area contributed by atoms with Crippen LogP contribution in [0.15, 0.2) is 73.2 Å². The number of nitrogens with zero attached hydrogens (tertiary/aromatic N) is 2. The summed E-state index contributed by atoms with van der Waals surface area (Å²) in [7, 11) is 0. The van der Waals surface area contributed by atoms with Crippen molar-refractivity contribution in [3.05, 3.63) is 90.0 Å². The molecule has 1 saturated heterocycles. The third-order valence-corrected chi connectivity index (χ3v) is 8.25. The van der Waals surface area contributed by atoms with Crippen LogP contribution in [0.25, 0.3) is 6.08 Å². The van der Waals surface area contributed by atoms with E-state index in [-0.39, 0.29) is 35.9 Å². The van der Waals surface area contributed by atoms with Crippen LogP contribution in [0.1, 0.15) is 61.0 Å². The van der Waals surface area contributed by atoms with Gasteiger partial charge in [0.05, 0.1) is 36.2 Å². The largest absolute Gasteiger partial charge is 0.378 e. The Hall–Kier alpha value is -3.87. The number of carbonyl (C=O) groups excluding carboxylic acids is 2. The van der Waals surface area contributed by atoms with Gasteiger partial charge in [-0.15, -0.1) is 0 Å². The summed E-state index contributed by atoms with van der Waals surface area (Å²) in [6.07, 6.45) is 11.1. The van der Waals surface area contributed by atoms with Crippen LogP contribution in [0.5, 0.6) is 0 Å². The summed E-state index contributed by atoms with van der Waals surface area (Å²) < 4.78 is 0. The topological polar surface area (TPSA) is 90.1 Å². The number of para-hydroxylation sites is 1. The van der Waals surface area contributed by atoms with Crippen molar-refractivity contribution >= 4 is 23.6 Å². The number of imidazole rings is 1. The number of nitrogens with one attached hydrogen (secondary N) is 3. The van der Waals surface area contributed by atoms with Crippen LogP contribution in [0.3, 0.4) is 0 Å². The molecule has 3 aromatic rings. The average Bonchev–Trinajstić information content (AvgIpc) is 3.63. The maximum absolute atomic E-state index is 14.2. The van der Waals surface area contributed by atoms with Crippen LogP contribution in [0.4, 0.5) is 5.69 Å². The predicted octanol–water partition coefficient (Wildman–Crippen LogP) is 4.85. The first kappa shape index (κ1) is 23.5. The number of fused-ring (bicyclic) bond motifs is 3. The van der Waals surface area contributed by atoms with Crippen molar-refractivity contribution in [3.63, 3.8) is 0 Å². The zero-order valence-electron chi connectivity index (χ0n) is 20.8. The molecule has 7 heteroatoms. The third-order valence-electron chi connectivity index (χ3n) is 8.25. The molecule has 3 heterocycles. The van der Waals surface area contributed by atoms with Gasteiger partial charge in [0.2, 0.25) is 11.8 Å². The molecule has 1 aromatic heterocycles. The lowest BCUT2D eigenvalue weighted by atomic mass is 9.79. The quantitative estimate of drug-likeness (QED) is 0.441. The van der Waals surface area contributed by atoms with Gasteiger partial charge in [-0.05, 0) is 42.5 Å². The maximum Gasteiger partial charge on any atom is 0.244 e. The van der Waals surface area contributed by atoms with Gasteiger partial charge in [-0.2, -0.15) is 0 Å². The van der Waals surface area contributed by atoms with E-state index >= 15 is 0 Å². The van der Waals surface area contributed by atoms with E-state index in [0.29, 0.717) is 5.92 Å². The zero-order chi connectivity index (χ0) is 25.2. The van der Waals surface area contributed by atoms with Crippen molar-refractivity contribution in [2.45, 2.75) is 50.2 Å². The first-order chi connectivity index (χ1) is 18.2. The lowest BCUT2D eigenvalue weighted by Gasteiger charge is -2.42. The summed E-state index contributed by atoms with van der Waals surface area (Å²) in [6, 6.07) is 19.0. The second-order valence-electron chi connectivity index (χ2n) is 10.4. The molecule has 0 radical (unpaired) electrons. The fourth-order valence-corrected chi connectivity index (χ4v) is 6.53. The Morgan fingerprint density at radius 1 is 1.00 bits per heavy atom. The molecule has 37 heavy (non-hydrogen) atoms. The molecule has 7 nitrogen and oxygen atoms in total. The molecule has 6 rings (SSSR count). The summed E-state index contributed by atoms with van der Waals surface area (Å²) in [5, 5.41) is 6.92. The summed E-state index contributed by atoms with van der Waals surface area (Å²) in [6.45, 7) is 0.740. The molecule has 5 atom stereocenters. The van der Waals surface area contributed by atoms with E-state index in [2.05, 4.69) is 74.0 Å². The Labute approximate surface area is 217 Å². The van der Waals surface area contributed by atoms with E-state index in [4.69, 9.17) is 0 Å². The van der Waals surface area contributed by atoms with Gasteiger partial charge in [-0.1, -0.05) is 61.4 Å². The molecular weight excluding hydrogens is 462 g/mol. The van der Waals surface area contributed by atoms with Crippen molar-refractivity contribution in [3.8, 4) is 0 Å². The summed E-state index contributed by atoms with van der Waals surface area (Å²) in [5.74, 6) is 0.109. The van der Waals surface area contributed by atoms with Gasteiger partial charge in [0.15, 0.2) is 0 Å². The number of amides is 2. The highest BCUT2D eigenvalue weighted by molar-refractivity contribution is 5.92. The fraction of sp³-hybridized carbons (Fsp3) is 0.367. The highest BCUT2D eigenvalue weighted by Crippen LogP contribution is 2.51. The molecule has 1 saturated carbocycles. The number of likely N-dealkylation sites (tertiary alicyclic amines) is 1. The zero-order valence-corrected chi connectivity index (χ0v) is 20.8. The van der Waals surface area contributed by atoms with Gasteiger partial charge in [0, 0.05) is 30.3 Å². The molecule has 1 aliphatic carbocycles. The highest BCUT2D eigenvalue weighted by atomic mass is 16.2. The summed E-state index contributed by atoms with van der Waals surface area (Å²) >= 11 is 0. The van der Waals surface area contributed by atoms with E-state index in [1.165, 1.54) is 17.2 Å². The molecular formula is C30H33N5O2. The van der Waals surface area contributed by atoms with E-state index in [1.807, 2.05) is 6.07 Å². The normalized spacial score (nSPS) is 26.8. The fourth-order valence-electron chi connectivity index (χ4n) is 6.53. The monoisotopic (exact) mass is 495 g/mol. The number of anilines is 1. The number of hydrogen-bond acceptors (Lipinski definition) is 4. The van der Waals surface area contributed by atoms with Crippen LogP contribution < -0.4 is 10.6 Å². The smallest absolute Gasteiger partial charge is 0.244 e. The molecule has 2 aromatic carbocycles. The lowest BCUT2D eigenvalue weighted by molar-refractivity contribution is -0.139. The van der Waals surface area contributed by atoms with E-state index < -0.39 is 0 Å². The van der Waals surface area contributed by atoms with Crippen LogP contribution in [-0.4, -0.2) is 39.3 Å². The number of aromatic amines is 1. The minimum absolute atomic E-state index is 0.0358. The Balaban J connectivity index is 1.24. The first-order valence-corrected chi connectivity index (χ1v) is 13.4. The van der Waals surface area contributed by atoms with E-state index in [0.717, 1.165) is 50.0 Å². The Kier molecular flexibility index (Phi) is 6.51. The molecule has 0 bridgehead atoms. The lowest BCUT2D eigenvalue weighted by Crippen LogP contribution is -2.49. The number of benzene rings is 2. The second-order valence-corrected chi connectivity index (χ2v) is 10.4. The molecule has 190 valence electrons. The first-order valence-electron chi connectivity index (χ1n) is 13.4. The molecule has 2 amide bonds. The van der Waals surface area contributed by atoms with Gasteiger partial charge >= 0.3 is 0 Å². The van der Waals surface area contributed by atoms with E-state index in [1.54, 1.807) is 18.6 Å². The molecule has 2 aliphatic heterocycles. The number of H-pyrrole nitrogens is 1. The minimum atomic E-state index is -0.200. The number of aromatic nitrogens is 2. The predicted molar refractivity (Wildman–Crippen MR) is 143 cm³/mol. The second kappa shape index (κ2) is 10.2. The summed E-state index contributed by atoms with van der Waals surface area (Å²) in [4.78, 5) is 36.0. The number of carbonyl (C=O) groups is 2. The molecule has 3 aliphatic rings. The van der Waals surface area contributed by atoms with Crippen molar-refractivity contribution in [1.29, 1.82) is 0 Å². The van der Waals surface area contributed by atoms with Gasteiger partial charge < -0.3 is 20.5 Å². The molecule has 0 spiro atoms. The van der Waals surface area contributed by atoms with Crippen molar-refractivity contribution < 1.29 is 9.59 Å². The highest BCUT2D eigenvalue weighted by Gasteiger charge is 2.48. The summed E-state index contributed by atoms with van der Waals surface area (Å²) in [5.41, 5.74) is 4.33. The van der Waals surface area contributed by atoms with Gasteiger partial charge in [-0.3, -0.25) is 9.59 Å². The minimum Gasteiger partial charge on any atom is -0.378 e. The average molecular weight is 496 g/mol. The molecule has 2 fully saturated rings. The van der Waals surface area contributed by atoms with Crippen molar-refractivity contribution in [2.24, 2.45) is 11.8 Å². The van der Waals surface area contributed by atoms with Crippen LogP contribution in [-0.2, 0) is 9.59 Å². The SMILES string of the molecule is O=C(/C=C/c1cnc[nH]1)NC1CCCCC1C(=O)N1CCC2C(c3ccccc3)Nc3ccccc3C21. The molecule has 3 N–H and O–H groups in total. The number of rotatable bonds is 5. The van der Waals surface area contributed by atoms with Crippen LogP contribution >= 0.6 is 0 Å². The van der Waals surface area contributed by atoms with Crippen LogP contribution in [0, 0.1) is 11.8 Å². The number of hydrogen-bond donors (Lipinski definition) is 3. The van der Waals surface area contributed by atoms with Crippen LogP contribution in [0.2, 0.25) is 0 Å². The Morgan fingerprint density at radius 3 is 2.65 bits per heavy atom. The van der Waals surface area contributed by atoms with Crippen molar-refractivity contribution in [1.82, 2.24) is 20.2 Å². The Bertz CT molecular complexity index is 1270. The van der Waals surface area contributed by atoms with Gasteiger partial charge in [0.1, 0.15) is 0 Å². The van der Waals surface area contributed by atoms with Crippen molar-refractivity contribution in [2.75, 3.05) is 11.9 Å². The van der Waals surface area contributed by atoms with Gasteiger partial charge in [-0.25, -0.2) is 4.98 Å². The van der Waals surface area contributed by atoms with Gasteiger partial charge in [0.25, 0.3) is 0 Å².